The highest BCUT2D eigenvalue weighted by atomic mass is 16.2. The van der Waals surface area contributed by atoms with E-state index >= 15 is 0 Å². The van der Waals surface area contributed by atoms with E-state index in [1.54, 1.807) is 6.08 Å². The Hall–Kier alpha value is -1.16. The summed E-state index contributed by atoms with van der Waals surface area (Å²) >= 11 is 0. The molecule has 0 atom stereocenters. The maximum atomic E-state index is 12.0. The van der Waals surface area contributed by atoms with Crippen molar-refractivity contribution >= 4 is 11.7 Å². The van der Waals surface area contributed by atoms with E-state index in [-0.39, 0.29) is 11.7 Å². The van der Waals surface area contributed by atoms with Gasteiger partial charge in [-0.15, -0.1) is 0 Å². The Morgan fingerprint density at radius 3 is 2.26 bits per heavy atom. The Labute approximate surface area is 116 Å². The molecule has 19 heavy (non-hydrogen) atoms. The quantitative estimate of drug-likeness (QED) is 0.687. The van der Waals surface area contributed by atoms with Crippen molar-refractivity contribution in [2.75, 3.05) is 32.7 Å². The van der Waals surface area contributed by atoms with Gasteiger partial charge < -0.3 is 9.80 Å². The van der Waals surface area contributed by atoms with Crippen LogP contribution in [0.4, 0.5) is 0 Å². The van der Waals surface area contributed by atoms with Crippen LogP contribution >= 0.6 is 0 Å². The van der Waals surface area contributed by atoms with Crippen molar-refractivity contribution in [3.63, 3.8) is 0 Å². The highest BCUT2D eigenvalue weighted by molar-refractivity contribution is 5.92. The smallest absolute Gasteiger partial charge is 0.223 e. The fourth-order valence-corrected chi connectivity index (χ4v) is 2.08. The number of carbonyl (C=O) groups excluding carboxylic acids is 2. The lowest BCUT2D eigenvalue weighted by atomic mass is 10.1. The van der Waals surface area contributed by atoms with Gasteiger partial charge in [0.05, 0.1) is 0 Å². The summed E-state index contributed by atoms with van der Waals surface area (Å²) in [6.07, 6.45) is 4.16. The van der Waals surface area contributed by atoms with E-state index in [1.807, 2.05) is 24.8 Å². The normalized spacial score (nSPS) is 17.4. The lowest BCUT2D eigenvalue weighted by molar-refractivity contribution is -0.134. The zero-order chi connectivity index (χ0) is 14.3. The number of likely N-dealkylation sites (N-methyl/N-ethyl adjacent to an activating group) is 1. The molecule has 0 radical (unpaired) electrons. The van der Waals surface area contributed by atoms with Crippen LogP contribution < -0.4 is 0 Å². The van der Waals surface area contributed by atoms with Gasteiger partial charge >= 0.3 is 0 Å². The van der Waals surface area contributed by atoms with Crippen LogP contribution in [0.5, 0.6) is 0 Å². The lowest BCUT2D eigenvalue weighted by Crippen LogP contribution is -2.48. The maximum Gasteiger partial charge on any atom is 0.223 e. The van der Waals surface area contributed by atoms with Gasteiger partial charge in [-0.3, -0.25) is 9.59 Å². The molecule has 0 N–H and O–H groups in total. The van der Waals surface area contributed by atoms with Gasteiger partial charge in [0.15, 0.2) is 5.78 Å². The van der Waals surface area contributed by atoms with E-state index in [4.69, 9.17) is 0 Å². The molecule has 4 heteroatoms. The third kappa shape index (κ3) is 6.01. The summed E-state index contributed by atoms with van der Waals surface area (Å²) in [5.41, 5.74) is 0. The molecule has 1 fully saturated rings. The van der Waals surface area contributed by atoms with Crippen LogP contribution in [-0.4, -0.2) is 54.2 Å². The largest absolute Gasteiger partial charge is 0.340 e. The van der Waals surface area contributed by atoms with Crippen LogP contribution in [0.1, 0.15) is 33.6 Å². The molecule has 0 saturated carbocycles. The SMILES string of the molecule is CCN1CCN(C(=O)CCC(=O)C=CC(C)C)CC1. The first-order valence-corrected chi connectivity index (χ1v) is 7.24. The molecule has 0 aliphatic carbocycles. The Balaban J connectivity index is 2.26. The summed E-state index contributed by atoms with van der Waals surface area (Å²) in [6.45, 7) is 10.7. The van der Waals surface area contributed by atoms with Crippen molar-refractivity contribution in [2.45, 2.75) is 33.6 Å². The molecule has 4 nitrogen and oxygen atoms in total. The first-order valence-electron chi connectivity index (χ1n) is 7.24. The van der Waals surface area contributed by atoms with Crippen molar-refractivity contribution in [1.29, 1.82) is 0 Å². The minimum atomic E-state index is 0.0502. The first kappa shape index (κ1) is 15.9. The molecule has 0 spiro atoms. The summed E-state index contributed by atoms with van der Waals surface area (Å²) in [5.74, 6) is 0.540. The van der Waals surface area contributed by atoms with Crippen LogP contribution in [0.3, 0.4) is 0 Å². The van der Waals surface area contributed by atoms with E-state index < -0.39 is 0 Å². The Morgan fingerprint density at radius 2 is 1.74 bits per heavy atom. The summed E-state index contributed by atoms with van der Waals surface area (Å²) < 4.78 is 0. The van der Waals surface area contributed by atoms with E-state index in [0.717, 1.165) is 32.7 Å². The average Bonchev–Trinajstić information content (AvgIpc) is 2.42. The summed E-state index contributed by atoms with van der Waals surface area (Å²) in [6, 6.07) is 0. The van der Waals surface area contributed by atoms with Gasteiger partial charge in [0.25, 0.3) is 0 Å². The van der Waals surface area contributed by atoms with Crippen molar-refractivity contribution in [1.82, 2.24) is 9.80 Å². The van der Waals surface area contributed by atoms with Gasteiger partial charge in [-0.25, -0.2) is 0 Å². The molecule has 1 aliphatic rings. The van der Waals surface area contributed by atoms with Crippen molar-refractivity contribution < 1.29 is 9.59 Å². The number of hydrogen-bond acceptors (Lipinski definition) is 3. The zero-order valence-electron chi connectivity index (χ0n) is 12.4. The second kappa shape index (κ2) is 8.10. The topological polar surface area (TPSA) is 40.6 Å². The predicted octanol–water partition coefficient (Wildman–Crippen LogP) is 1.71. The molecule has 1 aliphatic heterocycles. The molecular formula is C15H26N2O2. The lowest BCUT2D eigenvalue weighted by Gasteiger charge is -2.34. The number of allylic oxidation sites excluding steroid dienone is 2. The van der Waals surface area contributed by atoms with Crippen LogP contribution in [-0.2, 0) is 9.59 Å². The fraction of sp³-hybridized carbons (Fsp3) is 0.733. The highest BCUT2D eigenvalue weighted by Gasteiger charge is 2.20. The van der Waals surface area contributed by atoms with Gasteiger partial charge in [-0.05, 0) is 18.5 Å². The molecule has 0 unspecified atom stereocenters. The minimum absolute atomic E-state index is 0.0502. The van der Waals surface area contributed by atoms with Crippen molar-refractivity contribution in [3.8, 4) is 0 Å². The number of carbonyl (C=O) groups is 2. The van der Waals surface area contributed by atoms with Gasteiger partial charge in [0.1, 0.15) is 0 Å². The van der Waals surface area contributed by atoms with E-state index in [2.05, 4.69) is 11.8 Å². The number of amides is 1. The molecule has 1 amide bonds. The number of nitrogens with zero attached hydrogens (tertiary/aromatic N) is 2. The molecule has 1 saturated heterocycles. The monoisotopic (exact) mass is 266 g/mol. The molecule has 0 aromatic rings. The second-order valence-corrected chi connectivity index (χ2v) is 5.38. The van der Waals surface area contributed by atoms with Crippen molar-refractivity contribution in [3.05, 3.63) is 12.2 Å². The summed E-state index contributed by atoms with van der Waals surface area (Å²) in [5, 5.41) is 0. The molecular weight excluding hydrogens is 240 g/mol. The van der Waals surface area contributed by atoms with Crippen LogP contribution in [0.25, 0.3) is 0 Å². The van der Waals surface area contributed by atoms with E-state index in [0.29, 0.717) is 18.8 Å². The van der Waals surface area contributed by atoms with Gasteiger partial charge in [0.2, 0.25) is 5.91 Å². The molecule has 0 aromatic carbocycles. The van der Waals surface area contributed by atoms with Gasteiger partial charge in [-0.1, -0.05) is 26.8 Å². The standard InChI is InChI=1S/C15H26N2O2/c1-4-16-9-11-17(12-10-16)15(19)8-7-14(18)6-5-13(2)3/h5-6,13H,4,7-12H2,1-3H3. The predicted molar refractivity (Wildman–Crippen MR) is 76.9 cm³/mol. The van der Waals surface area contributed by atoms with Gasteiger partial charge in [0, 0.05) is 39.0 Å². The van der Waals surface area contributed by atoms with Crippen LogP contribution in [0.15, 0.2) is 12.2 Å². The molecule has 1 heterocycles. The third-order valence-corrected chi connectivity index (χ3v) is 3.42. The Bertz CT molecular complexity index is 329. The van der Waals surface area contributed by atoms with Crippen LogP contribution in [0.2, 0.25) is 0 Å². The van der Waals surface area contributed by atoms with E-state index in [1.165, 1.54) is 0 Å². The molecule has 0 aromatic heterocycles. The average molecular weight is 266 g/mol. The number of rotatable bonds is 6. The fourth-order valence-electron chi connectivity index (χ4n) is 2.08. The highest BCUT2D eigenvalue weighted by Crippen LogP contribution is 2.06. The molecule has 0 bridgehead atoms. The Kier molecular flexibility index (Phi) is 6.78. The second-order valence-electron chi connectivity index (χ2n) is 5.38. The number of ketones is 1. The Morgan fingerprint density at radius 1 is 1.11 bits per heavy atom. The van der Waals surface area contributed by atoms with Crippen LogP contribution in [0, 0.1) is 5.92 Å². The summed E-state index contributed by atoms with van der Waals surface area (Å²) in [7, 11) is 0. The third-order valence-electron chi connectivity index (χ3n) is 3.42. The maximum absolute atomic E-state index is 12.0. The van der Waals surface area contributed by atoms with E-state index in [9.17, 15) is 9.59 Å². The molecule has 108 valence electrons. The molecule has 1 rings (SSSR count). The van der Waals surface area contributed by atoms with Gasteiger partial charge in [-0.2, -0.15) is 0 Å². The van der Waals surface area contributed by atoms with Crippen molar-refractivity contribution in [2.24, 2.45) is 5.92 Å². The minimum Gasteiger partial charge on any atom is -0.340 e. The first-order chi connectivity index (χ1) is 9.02. The number of piperazine rings is 1. The zero-order valence-corrected chi connectivity index (χ0v) is 12.4. The number of hydrogen-bond donors (Lipinski definition) is 0. The summed E-state index contributed by atoms with van der Waals surface area (Å²) in [4.78, 5) is 27.7.